The maximum atomic E-state index is 13.6. The van der Waals surface area contributed by atoms with E-state index in [2.05, 4.69) is 15.6 Å². The second kappa shape index (κ2) is 7.27. The number of hydrogen-bond acceptors (Lipinski definition) is 3. The number of anilines is 3. The van der Waals surface area contributed by atoms with Crippen LogP contribution in [0.1, 0.15) is 10.4 Å². The fourth-order valence-electron chi connectivity index (χ4n) is 2.16. The van der Waals surface area contributed by atoms with Crippen molar-refractivity contribution < 1.29 is 13.6 Å². The Labute approximate surface area is 147 Å². The SMILES string of the molecule is O=C(Nc1ccc(F)cc1Nc1ccc(F)cc1)c1cccnc1Cl. The van der Waals surface area contributed by atoms with Crippen LogP contribution < -0.4 is 10.6 Å². The van der Waals surface area contributed by atoms with Gasteiger partial charge < -0.3 is 10.6 Å². The normalized spacial score (nSPS) is 10.4. The quantitative estimate of drug-likeness (QED) is 0.644. The highest BCUT2D eigenvalue weighted by molar-refractivity contribution is 6.33. The third kappa shape index (κ3) is 4.10. The van der Waals surface area contributed by atoms with Gasteiger partial charge in [-0.2, -0.15) is 0 Å². The predicted octanol–water partition coefficient (Wildman–Crippen LogP) is 5.01. The molecule has 0 unspecified atom stereocenters. The van der Waals surface area contributed by atoms with Crippen LogP contribution >= 0.6 is 11.6 Å². The molecule has 1 aromatic heterocycles. The number of nitrogens with one attached hydrogen (secondary N) is 2. The van der Waals surface area contributed by atoms with E-state index in [4.69, 9.17) is 11.6 Å². The van der Waals surface area contributed by atoms with Gasteiger partial charge in [0, 0.05) is 11.9 Å². The molecule has 1 heterocycles. The lowest BCUT2D eigenvalue weighted by molar-refractivity contribution is 0.102. The number of amides is 1. The minimum atomic E-state index is -0.484. The van der Waals surface area contributed by atoms with Crippen molar-refractivity contribution in [1.82, 2.24) is 4.98 Å². The number of benzene rings is 2. The summed E-state index contributed by atoms with van der Waals surface area (Å²) in [4.78, 5) is 16.2. The van der Waals surface area contributed by atoms with Gasteiger partial charge in [0.1, 0.15) is 16.8 Å². The van der Waals surface area contributed by atoms with E-state index in [1.54, 1.807) is 6.07 Å². The van der Waals surface area contributed by atoms with Crippen molar-refractivity contribution in [2.24, 2.45) is 0 Å². The molecular formula is C18H12ClF2N3O. The monoisotopic (exact) mass is 359 g/mol. The maximum Gasteiger partial charge on any atom is 0.258 e. The van der Waals surface area contributed by atoms with Gasteiger partial charge in [0.25, 0.3) is 5.91 Å². The maximum absolute atomic E-state index is 13.6. The number of nitrogens with zero attached hydrogens (tertiary/aromatic N) is 1. The molecule has 126 valence electrons. The zero-order chi connectivity index (χ0) is 17.8. The number of aromatic nitrogens is 1. The highest BCUT2D eigenvalue weighted by atomic mass is 35.5. The second-order valence-electron chi connectivity index (χ2n) is 5.12. The zero-order valence-corrected chi connectivity index (χ0v) is 13.5. The summed E-state index contributed by atoms with van der Waals surface area (Å²) in [6.07, 6.45) is 1.47. The molecule has 2 aromatic carbocycles. The lowest BCUT2D eigenvalue weighted by atomic mass is 10.2. The molecule has 3 aromatic rings. The van der Waals surface area contributed by atoms with E-state index < -0.39 is 11.7 Å². The molecule has 25 heavy (non-hydrogen) atoms. The van der Waals surface area contributed by atoms with E-state index in [0.717, 1.165) is 0 Å². The molecule has 0 saturated heterocycles. The Hall–Kier alpha value is -2.99. The first-order valence-corrected chi connectivity index (χ1v) is 7.65. The van der Waals surface area contributed by atoms with Crippen molar-refractivity contribution in [2.75, 3.05) is 10.6 Å². The minimum absolute atomic E-state index is 0.0650. The van der Waals surface area contributed by atoms with Crippen molar-refractivity contribution in [1.29, 1.82) is 0 Å². The van der Waals surface area contributed by atoms with Gasteiger partial charge in [-0.1, -0.05) is 11.6 Å². The largest absolute Gasteiger partial charge is 0.354 e. The van der Waals surface area contributed by atoms with Crippen LogP contribution in [0.25, 0.3) is 0 Å². The number of hydrogen-bond donors (Lipinski definition) is 2. The van der Waals surface area contributed by atoms with Crippen LogP contribution in [0.15, 0.2) is 60.8 Å². The van der Waals surface area contributed by atoms with Gasteiger partial charge >= 0.3 is 0 Å². The van der Waals surface area contributed by atoms with E-state index in [1.165, 1.54) is 54.7 Å². The van der Waals surface area contributed by atoms with Crippen molar-refractivity contribution >= 4 is 34.6 Å². The highest BCUT2D eigenvalue weighted by Gasteiger charge is 2.13. The predicted molar refractivity (Wildman–Crippen MR) is 93.3 cm³/mol. The Kier molecular flexibility index (Phi) is 4.90. The fraction of sp³-hybridized carbons (Fsp3) is 0. The molecule has 0 atom stereocenters. The van der Waals surface area contributed by atoms with Crippen LogP contribution in [0.4, 0.5) is 25.8 Å². The zero-order valence-electron chi connectivity index (χ0n) is 12.8. The molecule has 2 N–H and O–H groups in total. The Balaban J connectivity index is 1.87. The average molecular weight is 360 g/mol. The van der Waals surface area contributed by atoms with Gasteiger partial charge in [-0.05, 0) is 54.6 Å². The average Bonchev–Trinajstić information content (AvgIpc) is 2.59. The smallest absolute Gasteiger partial charge is 0.258 e. The van der Waals surface area contributed by atoms with Crippen LogP contribution in [0.5, 0.6) is 0 Å². The molecule has 0 spiro atoms. The van der Waals surface area contributed by atoms with Gasteiger partial charge in [-0.15, -0.1) is 0 Å². The Morgan fingerprint density at radius 3 is 2.40 bits per heavy atom. The van der Waals surface area contributed by atoms with Crippen LogP contribution in [0.3, 0.4) is 0 Å². The summed E-state index contributed by atoms with van der Waals surface area (Å²) in [5.41, 5.74) is 1.40. The van der Waals surface area contributed by atoms with E-state index >= 15 is 0 Å². The summed E-state index contributed by atoms with van der Waals surface area (Å²) in [7, 11) is 0. The summed E-state index contributed by atoms with van der Waals surface area (Å²) in [6, 6.07) is 12.5. The van der Waals surface area contributed by atoms with E-state index in [0.29, 0.717) is 17.1 Å². The number of pyridine rings is 1. The molecule has 0 fully saturated rings. The van der Waals surface area contributed by atoms with Crippen LogP contribution in [-0.2, 0) is 0 Å². The van der Waals surface area contributed by atoms with Gasteiger partial charge in [0.15, 0.2) is 0 Å². The Morgan fingerprint density at radius 2 is 1.68 bits per heavy atom. The van der Waals surface area contributed by atoms with Gasteiger partial charge in [-0.3, -0.25) is 4.79 Å². The van der Waals surface area contributed by atoms with Crippen molar-refractivity contribution in [3.63, 3.8) is 0 Å². The number of carbonyl (C=O) groups is 1. The molecule has 7 heteroatoms. The summed E-state index contributed by atoms with van der Waals surface area (Å²) in [5, 5.41) is 5.67. The third-order valence-corrected chi connectivity index (χ3v) is 3.66. The molecule has 3 rings (SSSR count). The second-order valence-corrected chi connectivity index (χ2v) is 5.48. The third-order valence-electron chi connectivity index (χ3n) is 3.36. The fourth-order valence-corrected chi connectivity index (χ4v) is 2.37. The van der Waals surface area contributed by atoms with Crippen LogP contribution in [-0.4, -0.2) is 10.9 Å². The first-order valence-electron chi connectivity index (χ1n) is 7.27. The minimum Gasteiger partial charge on any atom is -0.354 e. The first-order chi connectivity index (χ1) is 12.0. The highest BCUT2D eigenvalue weighted by Crippen LogP contribution is 2.27. The molecular weight excluding hydrogens is 348 g/mol. The standard InChI is InChI=1S/C18H12ClF2N3O/c19-17-14(2-1-9-22-17)18(25)24-15-8-5-12(21)10-16(15)23-13-6-3-11(20)4-7-13/h1-10,23H,(H,24,25). The van der Waals surface area contributed by atoms with Crippen molar-refractivity contribution in [2.45, 2.75) is 0 Å². The number of halogens is 3. The molecule has 0 bridgehead atoms. The molecule has 0 aliphatic rings. The van der Waals surface area contributed by atoms with Crippen molar-refractivity contribution in [3.8, 4) is 0 Å². The lowest BCUT2D eigenvalue weighted by Gasteiger charge is -2.14. The Bertz CT molecular complexity index is 916. The summed E-state index contributed by atoms with van der Waals surface area (Å²) in [6.45, 7) is 0. The van der Waals surface area contributed by atoms with E-state index in [-0.39, 0.29) is 16.5 Å². The Morgan fingerprint density at radius 1 is 0.960 bits per heavy atom. The lowest BCUT2D eigenvalue weighted by Crippen LogP contribution is -2.14. The number of rotatable bonds is 4. The van der Waals surface area contributed by atoms with Gasteiger partial charge in [-0.25, -0.2) is 13.8 Å². The van der Waals surface area contributed by atoms with Gasteiger partial charge in [0.05, 0.1) is 16.9 Å². The topological polar surface area (TPSA) is 54.0 Å². The molecule has 0 aliphatic heterocycles. The summed E-state index contributed by atoms with van der Waals surface area (Å²) in [5.74, 6) is -1.35. The molecule has 0 aliphatic carbocycles. The van der Waals surface area contributed by atoms with E-state index in [1.807, 2.05) is 0 Å². The summed E-state index contributed by atoms with van der Waals surface area (Å²) >= 11 is 5.91. The molecule has 4 nitrogen and oxygen atoms in total. The first kappa shape index (κ1) is 16.9. The number of carbonyl (C=O) groups excluding carboxylic acids is 1. The van der Waals surface area contributed by atoms with Gasteiger partial charge in [0.2, 0.25) is 0 Å². The van der Waals surface area contributed by atoms with E-state index in [9.17, 15) is 13.6 Å². The molecule has 1 amide bonds. The molecule has 0 radical (unpaired) electrons. The molecule has 0 saturated carbocycles. The summed E-state index contributed by atoms with van der Waals surface area (Å²) < 4.78 is 26.6. The van der Waals surface area contributed by atoms with Crippen LogP contribution in [0.2, 0.25) is 5.15 Å². The van der Waals surface area contributed by atoms with Crippen LogP contribution in [0, 0.1) is 11.6 Å². The van der Waals surface area contributed by atoms with Crippen molar-refractivity contribution in [3.05, 3.63) is 83.1 Å².